The molecule has 0 spiro atoms. The third-order valence-corrected chi connectivity index (χ3v) is 1.31. The highest BCUT2D eigenvalue weighted by molar-refractivity contribution is 5.94. The van der Waals surface area contributed by atoms with Gasteiger partial charge in [-0.1, -0.05) is 0 Å². The number of carboxylic acid groups (broad SMARTS) is 1. The van der Waals surface area contributed by atoms with Crippen LogP contribution in [0.5, 0.6) is 0 Å². The highest BCUT2D eigenvalue weighted by Crippen LogP contribution is 2.14. The molecular formula is C7H11N3O2. The molecular weight excluding hydrogens is 158 g/mol. The van der Waals surface area contributed by atoms with E-state index in [1.807, 2.05) is 0 Å². The van der Waals surface area contributed by atoms with Crippen molar-refractivity contribution in [3.8, 4) is 0 Å². The molecule has 5 nitrogen and oxygen atoms in total. The average Bonchev–Trinajstić information content (AvgIpc) is 1.85. The van der Waals surface area contributed by atoms with Crippen LogP contribution in [0.2, 0.25) is 0 Å². The quantitative estimate of drug-likeness (QED) is 0.461. The molecule has 0 radical (unpaired) electrons. The lowest BCUT2D eigenvalue weighted by atomic mass is 10.1. The monoisotopic (exact) mass is 169 g/mol. The van der Waals surface area contributed by atoms with Crippen LogP contribution in [0, 0.1) is 0 Å². The first-order chi connectivity index (χ1) is 5.11. The summed E-state index contributed by atoms with van der Waals surface area (Å²) in [7, 11) is 0. The van der Waals surface area contributed by atoms with E-state index < -0.39 is 5.97 Å². The second-order valence-corrected chi connectivity index (χ2v) is 2.15. The molecule has 0 atom stereocenters. The lowest BCUT2D eigenvalue weighted by Gasteiger charge is -1.99. The Balaban J connectivity index is 0.00000121. The Labute approximate surface area is 69.6 Å². The van der Waals surface area contributed by atoms with Gasteiger partial charge in [-0.15, -0.1) is 0 Å². The predicted octanol–water partition coefficient (Wildman–Crippen LogP) is 0.711. The summed E-state index contributed by atoms with van der Waals surface area (Å²) in [4.78, 5) is 10.4. The minimum Gasteiger partial charge on any atom is -0.478 e. The van der Waals surface area contributed by atoms with Gasteiger partial charge in [0.1, 0.15) is 0 Å². The van der Waals surface area contributed by atoms with Crippen LogP contribution >= 0.6 is 0 Å². The summed E-state index contributed by atoms with van der Waals surface area (Å²) in [5.74, 6) is -1.04. The van der Waals surface area contributed by atoms with Crippen LogP contribution in [0.25, 0.3) is 0 Å². The zero-order valence-electron chi connectivity index (χ0n) is 6.45. The molecule has 0 saturated carbocycles. The van der Waals surface area contributed by atoms with E-state index in [1.54, 1.807) is 0 Å². The molecule has 1 rings (SSSR count). The van der Waals surface area contributed by atoms with Crippen molar-refractivity contribution < 1.29 is 9.90 Å². The van der Waals surface area contributed by atoms with Crippen LogP contribution in [0.15, 0.2) is 18.2 Å². The van der Waals surface area contributed by atoms with Gasteiger partial charge >= 0.3 is 5.97 Å². The molecule has 12 heavy (non-hydrogen) atoms. The molecule has 0 saturated heterocycles. The molecule has 1 aromatic carbocycles. The topological polar surface area (TPSA) is 124 Å². The van der Waals surface area contributed by atoms with Crippen molar-refractivity contribution in [3.05, 3.63) is 23.8 Å². The third kappa shape index (κ3) is 1.86. The zero-order valence-corrected chi connectivity index (χ0v) is 6.45. The van der Waals surface area contributed by atoms with Crippen LogP contribution in [0.4, 0.5) is 11.4 Å². The van der Waals surface area contributed by atoms with Crippen LogP contribution < -0.4 is 17.6 Å². The number of rotatable bonds is 1. The first-order valence-corrected chi connectivity index (χ1v) is 2.99. The number of carbonyl (C=O) groups is 1. The molecule has 66 valence electrons. The van der Waals surface area contributed by atoms with Gasteiger partial charge in [0.15, 0.2) is 0 Å². The molecule has 0 unspecified atom stereocenters. The number of aromatic carboxylic acids is 1. The zero-order chi connectivity index (χ0) is 8.43. The maximum Gasteiger partial charge on any atom is 0.337 e. The van der Waals surface area contributed by atoms with E-state index in [-0.39, 0.29) is 17.4 Å². The van der Waals surface area contributed by atoms with Crippen molar-refractivity contribution in [2.45, 2.75) is 0 Å². The molecule has 0 aromatic heterocycles. The molecule has 1 aromatic rings. The first-order valence-electron chi connectivity index (χ1n) is 2.99. The number of hydrogen-bond acceptors (Lipinski definition) is 4. The van der Waals surface area contributed by atoms with Crippen LogP contribution in [0.1, 0.15) is 10.4 Å². The van der Waals surface area contributed by atoms with E-state index in [2.05, 4.69) is 0 Å². The summed E-state index contributed by atoms with van der Waals surface area (Å²) < 4.78 is 0. The molecule has 8 N–H and O–H groups in total. The van der Waals surface area contributed by atoms with Crippen molar-refractivity contribution in [3.63, 3.8) is 0 Å². The van der Waals surface area contributed by atoms with Crippen LogP contribution in [0.3, 0.4) is 0 Å². The van der Waals surface area contributed by atoms with Gasteiger partial charge < -0.3 is 22.7 Å². The predicted molar refractivity (Wildman–Crippen MR) is 47.2 cm³/mol. The molecule has 0 bridgehead atoms. The molecule has 0 amide bonds. The van der Waals surface area contributed by atoms with Gasteiger partial charge in [-0.05, 0) is 18.2 Å². The number of nitrogen functional groups attached to an aromatic ring is 2. The summed E-state index contributed by atoms with van der Waals surface area (Å²) in [6.45, 7) is 0. The summed E-state index contributed by atoms with van der Waals surface area (Å²) in [5, 5.41) is 8.54. The average molecular weight is 169 g/mol. The Kier molecular flexibility index (Phi) is 3.06. The summed E-state index contributed by atoms with van der Waals surface area (Å²) in [6, 6.07) is 4.30. The van der Waals surface area contributed by atoms with Gasteiger partial charge in [-0.2, -0.15) is 0 Å². The van der Waals surface area contributed by atoms with Gasteiger partial charge in [-0.3, -0.25) is 0 Å². The molecule has 0 fully saturated rings. The Hall–Kier alpha value is -1.75. The number of benzene rings is 1. The Morgan fingerprint density at radius 2 is 1.92 bits per heavy atom. The highest BCUT2D eigenvalue weighted by Gasteiger charge is 2.05. The van der Waals surface area contributed by atoms with Gasteiger partial charge in [0.25, 0.3) is 0 Å². The van der Waals surface area contributed by atoms with Gasteiger partial charge in [0.05, 0.1) is 5.56 Å². The first kappa shape index (κ1) is 10.2. The smallest absolute Gasteiger partial charge is 0.337 e. The fraction of sp³-hybridized carbons (Fsp3) is 0. The fourth-order valence-corrected chi connectivity index (χ4v) is 0.776. The normalized spacial score (nSPS) is 8.67. The maximum atomic E-state index is 10.4. The molecule has 0 heterocycles. The second kappa shape index (κ2) is 3.59. The standard InChI is InChI=1S/C7H8N2O2.H3N/c8-4-1-2-5(7(10)11)6(9)3-4;/h1-3H,8-9H2,(H,10,11);1H3. The fourth-order valence-electron chi connectivity index (χ4n) is 0.776. The molecule has 0 aliphatic rings. The largest absolute Gasteiger partial charge is 0.478 e. The van der Waals surface area contributed by atoms with E-state index in [0.717, 1.165) is 0 Å². The van der Waals surface area contributed by atoms with Gasteiger partial charge in [-0.25, -0.2) is 4.79 Å². The molecule has 0 aliphatic carbocycles. The van der Waals surface area contributed by atoms with Crippen LogP contribution in [-0.2, 0) is 0 Å². The minimum atomic E-state index is -1.04. The second-order valence-electron chi connectivity index (χ2n) is 2.15. The lowest BCUT2D eigenvalue weighted by molar-refractivity contribution is 0.0698. The summed E-state index contributed by atoms with van der Waals surface area (Å²) in [5.41, 5.74) is 11.5. The van der Waals surface area contributed by atoms with E-state index in [4.69, 9.17) is 16.6 Å². The van der Waals surface area contributed by atoms with Crippen molar-refractivity contribution in [1.82, 2.24) is 6.15 Å². The Morgan fingerprint density at radius 3 is 2.33 bits per heavy atom. The number of hydrogen-bond donors (Lipinski definition) is 4. The van der Waals surface area contributed by atoms with Crippen molar-refractivity contribution in [2.75, 3.05) is 11.5 Å². The van der Waals surface area contributed by atoms with Crippen molar-refractivity contribution in [1.29, 1.82) is 0 Å². The number of nitrogens with two attached hydrogens (primary N) is 2. The van der Waals surface area contributed by atoms with Crippen molar-refractivity contribution in [2.24, 2.45) is 0 Å². The van der Waals surface area contributed by atoms with Crippen LogP contribution in [-0.4, -0.2) is 11.1 Å². The number of carboxylic acids is 1. The Morgan fingerprint density at radius 1 is 1.33 bits per heavy atom. The number of anilines is 2. The van der Waals surface area contributed by atoms with Gasteiger partial charge in [0, 0.05) is 11.4 Å². The van der Waals surface area contributed by atoms with E-state index in [1.165, 1.54) is 18.2 Å². The molecule has 5 heteroatoms. The molecule has 0 aliphatic heterocycles. The SMILES string of the molecule is N.Nc1ccc(C(=O)O)c(N)c1. The summed E-state index contributed by atoms with van der Waals surface area (Å²) >= 11 is 0. The summed E-state index contributed by atoms with van der Waals surface area (Å²) in [6.07, 6.45) is 0. The highest BCUT2D eigenvalue weighted by atomic mass is 16.4. The van der Waals surface area contributed by atoms with E-state index in [0.29, 0.717) is 5.69 Å². The van der Waals surface area contributed by atoms with E-state index in [9.17, 15) is 4.79 Å². The minimum absolute atomic E-state index is 0. The maximum absolute atomic E-state index is 10.4. The Bertz CT molecular complexity index is 299. The van der Waals surface area contributed by atoms with E-state index >= 15 is 0 Å². The third-order valence-electron chi connectivity index (χ3n) is 1.31. The van der Waals surface area contributed by atoms with Crippen molar-refractivity contribution >= 4 is 17.3 Å². The van der Waals surface area contributed by atoms with Gasteiger partial charge in [0.2, 0.25) is 0 Å². The lowest BCUT2D eigenvalue weighted by Crippen LogP contribution is -2.02.